The lowest BCUT2D eigenvalue weighted by Crippen LogP contribution is -2.25. The molecule has 1 aromatic carbocycles. The molecule has 17 heavy (non-hydrogen) atoms. The molecule has 1 amide bonds. The first-order chi connectivity index (χ1) is 8.33. The van der Waals surface area contributed by atoms with Crippen LogP contribution in [0.1, 0.15) is 30.4 Å². The van der Waals surface area contributed by atoms with Gasteiger partial charge in [-0.1, -0.05) is 12.1 Å². The Bertz CT molecular complexity index is 438. The fraction of sp³-hybridized carbons (Fsp3) is 0.500. The van der Waals surface area contributed by atoms with Crippen molar-refractivity contribution in [3.05, 3.63) is 29.3 Å². The van der Waals surface area contributed by atoms with Gasteiger partial charge in [-0.05, 0) is 42.9 Å². The average Bonchev–Trinajstić information content (AvgIpc) is 3.00. The number of aryl methyl sites for hydroxylation is 1. The first-order valence-corrected chi connectivity index (χ1v) is 6.47. The highest BCUT2D eigenvalue weighted by Crippen LogP contribution is 2.26. The van der Waals surface area contributed by atoms with Gasteiger partial charge in [0, 0.05) is 24.7 Å². The number of amides is 1. The van der Waals surface area contributed by atoms with Gasteiger partial charge in [0.15, 0.2) is 0 Å². The standard InChI is InChI=1S/C14H18N2O/c17-14(16-11-5-6-11)7-4-10-2-1-3-13-12(10)8-9-15-13/h1-3,11,15H,4-9H2,(H,16,17). The minimum absolute atomic E-state index is 0.205. The van der Waals surface area contributed by atoms with Crippen LogP contribution in [0, 0.1) is 0 Å². The maximum absolute atomic E-state index is 11.6. The third-order valence-electron chi connectivity index (χ3n) is 3.53. The molecule has 3 nitrogen and oxygen atoms in total. The van der Waals surface area contributed by atoms with Crippen LogP contribution in [0.5, 0.6) is 0 Å². The molecule has 0 atom stereocenters. The lowest BCUT2D eigenvalue weighted by molar-refractivity contribution is -0.121. The molecular formula is C14H18N2O. The van der Waals surface area contributed by atoms with E-state index in [1.165, 1.54) is 16.8 Å². The normalized spacial score (nSPS) is 17.4. The second kappa shape index (κ2) is 4.40. The number of nitrogens with one attached hydrogen (secondary N) is 2. The predicted octanol–water partition coefficient (Wildman–Crippen LogP) is 1.87. The maximum Gasteiger partial charge on any atom is 0.220 e. The molecule has 1 fully saturated rings. The Balaban J connectivity index is 1.61. The van der Waals surface area contributed by atoms with Crippen molar-refractivity contribution >= 4 is 11.6 Å². The summed E-state index contributed by atoms with van der Waals surface area (Å²) < 4.78 is 0. The summed E-state index contributed by atoms with van der Waals surface area (Å²) in [6.07, 6.45) is 4.90. The Morgan fingerprint density at radius 3 is 3.12 bits per heavy atom. The Morgan fingerprint density at radius 2 is 2.29 bits per heavy atom. The largest absolute Gasteiger partial charge is 0.384 e. The molecule has 0 spiro atoms. The zero-order valence-electron chi connectivity index (χ0n) is 9.96. The summed E-state index contributed by atoms with van der Waals surface area (Å²) in [5, 5.41) is 6.41. The van der Waals surface area contributed by atoms with Crippen molar-refractivity contribution in [3.63, 3.8) is 0 Å². The summed E-state index contributed by atoms with van der Waals surface area (Å²) >= 11 is 0. The highest BCUT2D eigenvalue weighted by Gasteiger charge is 2.23. The number of carbonyl (C=O) groups is 1. The number of hydrogen-bond acceptors (Lipinski definition) is 2. The topological polar surface area (TPSA) is 41.1 Å². The van der Waals surface area contributed by atoms with Gasteiger partial charge in [0.25, 0.3) is 0 Å². The van der Waals surface area contributed by atoms with E-state index in [0.717, 1.165) is 32.2 Å². The Hall–Kier alpha value is -1.51. The maximum atomic E-state index is 11.6. The van der Waals surface area contributed by atoms with Crippen molar-refractivity contribution in [3.8, 4) is 0 Å². The molecule has 1 heterocycles. The predicted molar refractivity (Wildman–Crippen MR) is 68.1 cm³/mol. The van der Waals surface area contributed by atoms with Gasteiger partial charge in [-0.2, -0.15) is 0 Å². The smallest absolute Gasteiger partial charge is 0.220 e. The first kappa shape index (κ1) is 10.6. The van der Waals surface area contributed by atoms with Crippen LogP contribution in [0.25, 0.3) is 0 Å². The summed E-state index contributed by atoms with van der Waals surface area (Å²) in [6, 6.07) is 6.82. The Kier molecular flexibility index (Phi) is 2.75. The van der Waals surface area contributed by atoms with E-state index < -0.39 is 0 Å². The van der Waals surface area contributed by atoms with Crippen LogP contribution in [-0.4, -0.2) is 18.5 Å². The molecule has 1 aliphatic heterocycles. The Morgan fingerprint density at radius 1 is 1.41 bits per heavy atom. The summed E-state index contributed by atoms with van der Waals surface area (Å²) in [5.41, 5.74) is 4.00. The highest BCUT2D eigenvalue weighted by atomic mass is 16.1. The fourth-order valence-electron chi connectivity index (χ4n) is 2.43. The lowest BCUT2D eigenvalue weighted by atomic mass is 10.0. The van der Waals surface area contributed by atoms with Crippen LogP contribution in [0.3, 0.4) is 0 Å². The summed E-state index contributed by atoms with van der Waals surface area (Å²) in [5.74, 6) is 0.205. The third-order valence-corrected chi connectivity index (χ3v) is 3.53. The molecule has 3 rings (SSSR count). The number of benzene rings is 1. The summed E-state index contributed by atoms with van der Waals surface area (Å²) in [6.45, 7) is 1.03. The molecule has 1 aliphatic carbocycles. The monoisotopic (exact) mass is 230 g/mol. The van der Waals surface area contributed by atoms with Gasteiger partial charge in [-0.15, -0.1) is 0 Å². The van der Waals surface area contributed by atoms with Crippen LogP contribution in [0.15, 0.2) is 18.2 Å². The van der Waals surface area contributed by atoms with E-state index in [1.54, 1.807) is 0 Å². The molecule has 1 aromatic rings. The van der Waals surface area contributed by atoms with E-state index in [9.17, 15) is 4.79 Å². The van der Waals surface area contributed by atoms with Gasteiger partial charge < -0.3 is 10.6 Å². The van der Waals surface area contributed by atoms with Crippen molar-refractivity contribution in [1.82, 2.24) is 5.32 Å². The number of hydrogen-bond donors (Lipinski definition) is 2. The second-order valence-corrected chi connectivity index (χ2v) is 4.96. The number of fused-ring (bicyclic) bond motifs is 1. The van der Waals surface area contributed by atoms with E-state index in [1.807, 2.05) is 0 Å². The molecule has 0 unspecified atom stereocenters. The molecule has 0 radical (unpaired) electrons. The van der Waals surface area contributed by atoms with E-state index in [4.69, 9.17) is 0 Å². The minimum Gasteiger partial charge on any atom is -0.384 e. The van der Waals surface area contributed by atoms with Gasteiger partial charge in [0.2, 0.25) is 5.91 Å². The minimum atomic E-state index is 0.205. The van der Waals surface area contributed by atoms with Crippen LogP contribution in [0.4, 0.5) is 5.69 Å². The highest BCUT2D eigenvalue weighted by molar-refractivity contribution is 5.77. The van der Waals surface area contributed by atoms with Gasteiger partial charge >= 0.3 is 0 Å². The quantitative estimate of drug-likeness (QED) is 0.829. The number of rotatable bonds is 4. The molecule has 0 aromatic heterocycles. The van der Waals surface area contributed by atoms with Gasteiger partial charge in [-0.25, -0.2) is 0 Å². The SMILES string of the molecule is O=C(CCc1cccc2c1CCN2)NC1CC1. The van der Waals surface area contributed by atoms with Crippen LogP contribution in [-0.2, 0) is 17.6 Å². The van der Waals surface area contributed by atoms with Crippen LogP contribution >= 0.6 is 0 Å². The molecular weight excluding hydrogens is 212 g/mol. The van der Waals surface area contributed by atoms with E-state index in [2.05, 4.69) is 28.8 Å². The van der Waals surface area contributed by atoms with E-state index in [-0.39, 0.29) is 5.91 Å². The second-order valence-electron chi connectivity index (χ2n) is 4.96. The van der Waals surface area contributed by atoms with Crippen molar-refractivity contribution in [1.29, 1.82) is 0 Å². The van der Waals surface area contributed by atoms with Gasteiger partial charge in [0.05, 0.1) is 0 Å². The molecule has 3 heteroatoms. The van der Waals surface area contributed by atoms with Crippen molar-refractivity contribution in [2.45, 2.75) is 38.1 Å². The molecule has 1 saturated carbocycles. The fourth-order valence-corrected chi connectivity index (χ4v) is 2.43. The van der Waals surface area contributed by atoms with Crippen LogP contribution < -0.4 is 10.6 Å². The first-order valence-electron chi connectivity index (χ1n) is 6.47. The molecule has 0 bridgehead atoms. The molecule has 2 N–H and O–H groups in total. The molecule has 0 saturated heterocycles. The van der Waals surface area contributed by atoms with Crippen molar-refractivity contribution in [2.75, 3.05) is 11.9 Å². The Labute approximate surface area is 102 Å². The summed E-state index contributed by atoms with van der Waals surface area (Å²) in [7, 11) is 0. The van der Waals surface area contributed by atoms with Crippen LogP contribution in [0.2, 0.25) is 0 Å². The zero-order valence-corrected chi connectivity index (χ0v) is 9.96. The van der Waals surface area contributed by atoms with Gasteiger partial charge in [-0.3, -0.25) is 4.79 Å². The number of carbonyl (C=O) groups excluding carboxylic acids is 1. The lowest BCUT2D eigenvalue weighted by Gasteiger charge is -2.08. The third kappa shape index (κ3) is 2.43. The van der Waals surface area contributed by atoms with E-state index in [0.29, 0.717) is 12.5 Å². The zero-order chi connectivity index (χ0) is 11.7. The molecule has 90 valence electrons. The average molecular weight is 230 g/mol. The van der Waals surface area contributed by atoms with E-state index >= 15 is 0 Å². The van der Waals surface area contributed by atoms with Crippen molar-refractivity contribution in [2.24, 2.45) is 0 Å². The number of anilines is 1. The van der Waals surface area contributed by atoms with Gasteiger partial charge in [0.1, 0.15) is 0 Å². The molecule has 2 aliphatic rings. The summed E-state index contributed by atoms with van der Waals surface area (Å²) in [4.78, 5) is 11.6. The van der Waals surface area contributed by atoms with Crippen molar-refractivity contribution < 1.29 is 4.79 Å².